The molecule has 2 aromatic carbocycles. The van der Waals surface area contributed by atoms with E-state index in [0.29, 0.717) is 11.3 Å². The maximum absolute atomic E-state index is 12.8. The molecule has 1 aromatic heterocycles. The predicted octanol–water partition coefficient (Wildman–Crippen LogP) is 3.71. The summed E-state index contributed by atoms with van der Waals surface area (Å²) >= 11 is 0. The number of imidazole rings is 1. The number of aromatic nitrogens is 2. The van der Waals surface area contributed by atoms with Crippen LogP contribution < -0.4 is 0 Å². The third-order valence-electron chi connectivity index (χ3n) is 3.43. The summed E-state index contributed by atoms with van der Waals surface area (Å²) in [6.07, 6.45) is -4.40. The third-order valence-corrected chi connectivity index (χ3v) is 3.43. The first-order valence-corrected chi connectivity index (χ1v) is 6.74. The van der Waals surface area contributed by atoms with E-state index in [1.807, 2.05) is 30.3 Å². The van der Waals surface area contributed by atoms with Gasteiger partial charge in [-0.2, -0.15) is 13.2 Å². The molecule has 22 heavy (non-hydrogen) atoms. The summed E-state index contributed by atoms with van der Waals surface area (Å²) in [6, 6.07) is 12.7. The number of alkyl halides is 3. The molecule has 0 fully saturated rings. The van der Waals surface area contributed by atoms with Crippen LogP contribution in [-0.4, -0.2) is 21.3 Å². The van der Waals surface area contributed by atoms with Crippen LogP contribution in [0.2, 0.25) is 0 Å². The summed E-state index contributed by atoms with van der Waals surface area (Å²) in [5.41, 5.74) is 0.900. The summed E-state index contributed by atoms with van der Waals surface area (Å²) in [5.74, 6) is 0.545. The molecule has 0 saturated carbocycles. The van der Waals surface area contributed by atoms with Crippen LogP contribution in [0, 0.1) is 0 Å². The zero-order chi connectivity index (χ0) is 15.7. The third kappa shape index (κ3) is 2.57. The Labute approximate surface area is 124 Å². The average Bonchev–Trinajstić information content (AvgIpc) is 2.86. The Bertz CT molecular complexity index is 794. The van der Waals surface area contributed by atoms with Gasteiger partial charge in [-0.15, -0.1) is 0 Å². The van der Waals surface area contributed by atoms with E-state index in [1.54, 1.807) is 4.57 Å². The molecule has 3 nitrogen and oxygen atoms in total. The van der Waals surface area contributed by atoms with Crippen molar-refractivity contribution in [2.75, 3.05) is 6.61 Å². The van der Waals surface area contributed by atoms with Gasteiger partial charge in [0.1, 0.15) is 5.82 Å². The van der Waals surface area contributed by atoms with Crippen molar-refractivity contribution in [3.05, 3.63) is 54.1 Å². The predicted molar refractivity (Wildman–Crippen MR) is 77.3 cm³/mol. The van der Waals surface area contributed by atoms with E-state index in [1.165, 1.54) is 6.07 Å². The molecule has 1 heterocycles. The Morgan fingerprint density at radius 1 is 1.05 bits per heavy atom. The van der Waals surface area contributed by atoms with Gasteiger partial charge in [0.15, 0.2) is 0 Å². The van der Waals surface area contributed by atoms with Gasteiger partial charge in [-0.1, -0.05) is 30.3 Å². The summed E-state index contributed by atoms with van der Waals surface area (Å²) in [4.78, 5) is 4.33. The standard InChI is InChI=1S/C16H13F3N2O/c17-16(18,19)12-6-7-14-13(10-12)20-15(21(14)8-9-22)11-4-2-1-3-5-11/h1-7,10,22H,8-9H2. The first kappa shape index (κ1) is 14.6. The SMILES string of the molecule is OCCn1c(-c2ccccc2)nc2cc(C(F)(F)F)ccc21. The van der Waals surface area contributed by atoms with Gasteiger partial charge in [-0.05, 0) is 18.2 Å². The van der Waals surface area contributed by atoms with Crippen LogP contribution in [0.25, 0.3) is 22.4 Å². The van der Waals surface area contributed by atoms with Crippen LogP contribution in [0.4, 0.5) is 13.2 Å². The molecular weight excluding hydrogens is 293 g/mol. The van der Waals surface area contributed by atoms with Crippen LogP contribution in [0.3, 0.4) is 0 Å². The number of benzene rings is 2. The minimum atomic E-state index is -4.40. The number of halogens is 3. The van der Waals surface area contributed by atoms with Crippen molar-refractivity contribution in [1.82, 2.24) is 9.55 Å². The molecule has 0 amide bonds. The van der Waals surface area contributed by atoms with Crippen molar-refractivity contribution in [3.63, 3.8) is 0 Å². The first-order chi connectivity index (χ1) is 10.5. The quantitative estimate of drug-likeness (QED) is 0.801. The van der Waals surface area contributed by atoms with E-state index in [2.05, 4.69) is 4.98 Å². The molecule has 6 heteroatoms. The monoisotopic (exact) mass is 306 g/mol. The molecule has 0 aliphatic rings. The van der Waals surface area contributed by atoms with Crippen LogP contribution >= 0.6 is 0 Å². The second-order valence-corrected chi connectivity index (χ2v) is 4.88. The smallest absolute Gasteiger partial charge is 0.395 e. The number of hydrogen-bond donors (Lipinski definition) is 1. The number of rotatable bonds is 3. The lowest BCUT2D eigenvalue weighted by Gasteiger charge is -2.08. The van der Waals surface area contributed by atoms with E-state index in [9.17, 15) is 18.3 Å². The maximum atomic E-state index is 12.8. The zero-order valence-electron chi connectivity index (χ0n) is 11.5. The fraction of sp³-hybridized carbons (Fsp3) is 0.188. The molecule has 0 saturated heterocycles. The van der Waals surface area contributed by atoms with E-state index < -0.39 is 11.7 Å². The lowest BCUT2D eigenvalue weighted by molar-refractivity contribution is -0.137. The molecular formula is C16H13F3N2O. The minimum absolute atomic E-state index is 0.119. The van der Waals surface area contributed by atoms with Gasteiger partial charge < -0.3 is 9.67 Å². The van der Waals surface area contributed by atoms with Gasteiger partial charge in [0.25, 0.3) is 0 Å². The van der Waals surface area contributed by atoms with Gasteiger partial charge in [0.05, 0.1) is 23.2 Å². The lowest BCUT2D eigenvalue weighted by Crippen LogP contribution is -2.05. The van der Waals surface area contributed by atoms with Crippen LogP contribution in [0.5, 0.6) is 0 Å². The van der Waals surface area contributed by atoms with Crippen LogP contribution in [0.15, 0.2) is 48.5 Å². The molecule has 0 bridgehead atoms. The van der Waals surface area contributed by atoms with Crippen molar-refractivity contribution < 1.29 is 18.3 Å². The zero-order valence-corrected chi connectivity index (χ0v) is 11.5. The number of aliphatic hydroxyl groups is 1. The van der Waals surface area contributed by atoms with Gasteiger partial charge >= 0.3 is 6.18 Å². The highest BCUT2D eigenvalue weighted by atomic mass is 19.4. The summed E-state index contributed by atoms with van der Waals surface area (Å²) in [6.45, 7) is 0.151. The molecule has 3 aromatic rings. The van der Waals surface area contributed by atoms with Crippen molar-refractivity contribution in [1.29, 1.82) is 0 Å². The maximum Gasteiger partial charge on any atom is 0.416 e. The highest BCUT2D eigenvalue weighted by Crippen LogP contribution is 2.32. The molecule has 0 atom stereocenters. The van der Waals surface area contributed by atoms with E-state index in [0.717, 1.165) is 17.7 Å². The van der Waals surface area contributed by atoms with Gasteiger partial charge in [-0.3, -0.25) is 0 Å². The number of hydrogen-bond acceptors (Lipinski definition) is 2. The van der Waals surface area contributed by atoms with Crippen molar-refractivity contribution in [3.8, 4) is 11.4 Å². The van der Waals surface area contributed by atoms with Crippen molar-refractivity contribution >= 4 is 11.0 Å². The topological polar surface area (TPSA) is 38.0 Å². The number of aliphatic hydroxyl groups excluding tert-OH is 1. The van der Waals surface area contributed by atoms with E-state index >= 15 is 0 Å². The van der Waals surface area contributed by atoms with Crippen LogP contribution in [-0.2, 0) is 12.7 Å². The Morgan fingerprint density at radius 3 is 2.41 bits per heavy atom. The van der Waals surface area contributed by atoms with Crippen molar-refractivity contribution in [2.24, 2.45) is 0 Å². The Balaban J connectivity index is 2.22. The molecule has 0 unspecified atom stereocenters. The Hall–Kier alpha value is -2.34. The molecule has 0 aliphatic heterocycles. The minimum Gasteiger partial charge on any atom is -0.395 e. The summed E-state index contributed by atoms with van der Waals surface area (Å²) in [5, 5.41) is 9.22. The highest BCUT2D eigenvalue weighted by Gasteiger charge is 2.31. The summed E-state index contributed by atoms with van der Waals surface area (Å²) < 4.78 is 40.2. The van der Waals surface area contributed by atoms with Gasteiger partial charge in [-0.25, -0.2) is 4.98 Å². The van der Waals surface area contributed by atoms with E-state index in [-0.39, 0.29) is 18.7 Å². The Morgan fingerprint density at radius 2 is 1.77 bits per heavy atom. The fourth-order valence-electron chi connectivity index (χ4n) is 2.44. The number of nitrogens with zero attached hydrogens (tertiary/aromatic N) is 2. The molecule has 3 rings (SSSR count). The number of fused-ring (bicyclic) bond motifs is 1. The summed E-state index contributed by atoms with van der Waals surface area (Å²) in [7, 11) is 0. The van der Waals surface area contributed by atoms with Crippen molar-refractivity contribution in [2.45, 2.75) is 12.7 Å². The highest BCUT2D eigenvalue weighted by molar-refractivity contribution is 5.81. The molecule has 1 N–H and O–H groups in total. The second-order valence-electron chi connectivity index (χ2n) is 4.88. The molecule has 114 valence electrons. The molecule has 0 radical (unpaired) electrons. The van der Waals surface area contributed by atoms with E-state index in [4.69, 9.17) is 0 Å². The molecule has 0 aliphatic carbocycles. The first-order valence-electron chi connectivity index (χ1n) is 6.74. The average molecular weight is 306 g/mol. The second kappa shape index (κ2) is 5.46. The largest absolute Gasteiger partial charge is 0.416 e. The fourth-order valence-corrected chi connectivity index (χ4v) is 2.44. The lowest BCUT2D eigenvalue weighted by atomic mass is 10.2. The Kier molecular flexibility index (Phi) is 3.62. The van der Waals surface area contributed by atoms with Gasteiger partial charge in [0, 0.05) is 12.1 Å². The molecule has 0 spiro atoms. The normalized spacial score (nSPS) is 12.0. The van der Waals surface area contributed by atoms with Gasteiger partial charge in [0.2, 0.25) is 0 Å². The van der Waals surface area contributed by atoms with Crippen LogP contribution in [0.1, 0.15) is 5.56 Å².